The first kappa shape index (κ1) is 22.3. The van der Waals surface area contributed by atoms with E-state index in [1.54, 1.807) is 25.3 Å². The molecule has 1 amide bonds. The molecule has 4 aromatic rings. The summed E-state index contributed by atoms with van der Waals surface area (Å²) in [5.74, 6) is -1.01. The Morgan fingerprint density at radius 1 is 1.06 bits per heavy atom. The normalized spacial score (nSPS) is 17.5. The molecule has 1 N–H and O–H groups in total. The van der Waals surface area contributed by atoms with Gasteiger partial charge in [0.05, 0.1) is 28.9 Å². The van der Waals surface area contributed by atoms with Crippen LogP contribution < -0.4 is 9.64 Å². The van der Waals surface area contributed by atoms with Crippen molar-refractivity contribution in [3.63, 3.8) is 0 Å². The van der Waals surface area contributed by atoms with Crippen molar-refractivity contribution in [2.75, 3.05) is 12.0 Å². The molecule has 8 heteroatoms. The molecular formula is C26H19BrN2O4S. The number of aliphatic hydroxyl groups excluding tert-OH is 1. The van der Waals surface area contributed by atoms with Crippen molar-refractivity contribution in [2.45, 2.75) is 13.0 Å². The molecule has 0 spiro atoms. The average Bonchev–Trinajstić information content (AvgIpc) is 3.37. The van der Waals surface area contributed by atoms with E-state index < -0.39 is 17.7 Å². The number of aryl methyl sites for hydroxylation is 1. The van der Waals surface area contributed by atoms with Gasteiger partial charge in [-0.2, -0.15) is 0 Å². The number of hydrogen-bond donors (Lipinski definition) is 1. The fraction of sp³-hybridized carbons (Fsp3) is 0.115. The number of thiazole rings is 1. The minimum atomic E-state index is -0.822. The molecule has 0 saturated carbocycles. The lowest BCUT2D eigenvalue weighted by molar-refractivity contribution is -0.132. The Bertz CT molecular complexity index is 1460. The van der Waals surface area contributed by atoms with Crippen molar-refractivity contribution < 1.29 is 19.4 Å². The Balaban J connectivity index is 1.71. The first-order valence-corrected chi connectivity index (χ1v) is 12.1. The van der Waals surface area contributed by atoms with Crippen LogP contribution in [-0.4, -0.2) is 28.9 Å². The molecule has 1 fully saturated rings. The monoisotopic (exact) mass is 534 g/mol. The van der Waals surface area contributed by atoms with Crippen LogP contribution in [0.4, 0.5) is 5.13 Å². The SMILES string of the molecule is COc1ccc2nc(N3C(=O)C(=O)C(=C(O)c4ccc(C)cc4)[C@H]3c3ccc(Br)cc3)sc2c1. The van der Waals surface area contributed by atoms with Gasteiger partial charge in [0.1, 0.15) is 11.5 Å². The van der Waals surface area contributed by atoms with Crippen LogP contribution in [0.5, 0.6) is 5.75 Å². The molecule has 0 aliphatic carbocycles. The van der Waals surface area contributed by atoms with Crippen LogP contribution >= 0.6 is 27.3 Å². The number of ether oxygens (including phenoxy) is 1. The summed E-state index contributed by atoms with van der Waals surface area (Å²) in [5.41, 5.74) is 2.91. The summed E-state index contributed by atoms with van der Waals surface area (Å²) >= 11 is 4.72. The number of aromatic nitrogens is 1. The van der Waals surface area contributed by atoms with E-state index in [-0.39, 0.29) is 11.3 Å². The summed E-state index contributed by atoms with van der Waals surface area (Å²) in [6.07, 6.45) is 0. The predicted molar refractivity (Wildman–Crippen MR) is 136 cm³/mol. The first-order valence-electron chi connectivity index (χ1n) is 10.5. The number of Topliss-reactive ketones (excluding diaryl/α,β-unsaturated/α-hetero) is 1. The Morgan fingerprint density at radius 3 is 2.44 bits per heavy atom. The number of rotatable bonds is 4. The summed E-state index contributed by atoms with van der Waals surface area (Å²) in [4.78, 5) is 32.6. The van der Waals surface area contributed by atoms with Crippen LogP contribution in [0.3, 0.4) is 0 Å². The van der Waals surface area contributed by atoms with Gasteiger partial charge in [-0.3, -0.25) is 14.5 Å². The number of ketones is 1. The van der Waals surface area contributed by atoms with E-state index in [4.69, 9.17) is 4.74 Å². The van der Waals surface area contributed by atoms with Gasteiger partial charge in [-0.25, -0.2) is 4.98 Å². The molecule has 1 atom stereocenters. The highest BCUT2D eigenvalue weighted by Gasteiger charge is 2.48. The number of benzene rings is 3. The van der Waals surface area contributed by atoms with E-state index in [0.717, 1.165) is 14.7 Å². The lowest BCUT2D eigenvalue weighted by Gasteiger charge is -2.23. The van der Waals surface area contributed by atoms with Crippen molar-refractivity contribution in [1.82, 2.24) is 4.98 Å². The largest absolute Gasteiger partial charge is 0.507 e. The summed E-state index contributed by atoms with van der Waals surface area (Å²) in [5, 5.41) is 11.6. The number of aliphatic hydroxyl groups is 1. The zero-order chi connectivity index (χ0) is 24.0. The summed E-state index contributed by atoms with van der Waals surface area (Å²) in [6.45, 7) is 1.94. The molecular weight excluding hydrogens is 516 g/mol. The Kier molecular flexibility index (Phi) is 5.71. The van der Waals surface area contributed by atoms with Gasteiger partial charge >= 0.3 is 5.91 Å². The van der Waals surface area contributed by atoms with Crippen molar-refractivity contribution in [2.24, 2.45) is 0 Å². The molecule has 0 bridgehead atoms. The molecule has 34 heavy (non-hydrogen) atoms. The van der Waals surface area contributed by atoms with E-state index in [2.05, 4.69) is 20.9 Å². The third-order valence-electron chi connectivity index (χ3n) is 5.75. The van der Waals surface area contributed by atoms with Crippen LogP contribution in [0.2, 0.25) is 0 Å². The van der Waals surface area contributed by atoms with Crippen LogP contribution in [0.1, 0.15) is 22.7 Å². The van der Waals surface area contributed by atoms with Gasteiger partial charge < -0.3 is 9.84 Å². The van der Waals surface area contributed by atoms with Gasteiger partial charge in [-0.15, -0.1) is 0 Å². The van der Waals surface area contributed by atoms with Crippen LogP contribution in [0.25, 0.3) is 16.0 Å². The fourth-order valence-electron chi connectivity index (χ4n) is 3.98. The molecule has 1 aromatic heterocycles. The quantitative estimate of drug-likeness (QED) is 0.197. The second-order valence-corrected chi connectivity index (χ2v) is 9.84. The average molecular weight is 535 g/mol. The van der Waals surface area contributed by atoms with Crippen molar-refractivity contribution in [3.8, 4) is 5.75 Å². The number of nitrogens with zero attached hydrogens (tertiary/aromatic N) is 2. The molecule has 1 aliphatic rings. The lowest BCUT2D eigenvalue weighted by atomic mass is 9.95. The Hall–Kier alpha value is -3.49. The minimum Gasteiger partial charge on any atom is -0.507 e. The second-order valence-electron chi connectivity index (χ2n) is 7.92. The highest BCUT2D eigenvalue weighted by Crippen LogP contribution is 2.44. The fourth-order valence-corrected chi connectivity index (χ4v) is 5.27. The number of carbonyl (C=O) groups is 2. The maximum Gasteiger partial charge on any atom is 0.301 e. The second kappa shape index (κ2) is 8.70. The summed E-state index contributed by atoms with van der Waals surface area (Å²) < 4.78 is 6.99. The van der Waals surface area contributed by atoms with Gasteiger partial charge in [0, 0.05) is 10.0 Å². The molecule has 5 rings (SSSR count). The first-order chi connectivity index (χ1) is 16.4. The highest BCUT2D eigenvalue weighted by atomic mass is 79.9. The molecule has 2 heterocycles. The molecule has 6 nitrogen and oxygen atoms in total. The number of anilines is 1. The standard InChI is InChI=1S/C26H19BrN2O4S/c1-14-3-5-16(6-4-14)23(30)21-22(15-7-9-17(27)10-8-15)29(25(32)24(21)31)26-28-19-12-11-18(33-2)13-20(19)34-26/h3-13,22,30H,1-2H3/t22-/m1/s1. The zero-order valence-corrected chi connectivity index (χ0v) is 20.7. The van der Waals surface area contributed by atoms with Crippen molar-refractivity contribution >= 4 is 60.1 Å². The zero-order valence-electron chi connectivity index (χ0n) is 18.3. The summed E-state index contributed by atoms with van der Waals surface area (Å²) in [6, 6.07) is 19.1. The third-order valence-corrected chi connectivity index (χ3v) is 7.29. The topological polar surface area (TPSA) is 79.7 Å². The number of carbonyl (C=O) groups excluding carboxylic acids is 2. The van der Waals surface area contributed by atoms with Crippen molar-refractivity contribution in [1.29, 1.82) is 0 Å². The third kappa shape index (κ3) is 3.78. The van der Waals surface area contributed by atoms with E-state index >= 15 is 0 Å². The number of halogens is 1. The minimum absolute atomic E-state index is 0.0352. The number of methoxy groups -OCH3 is 1. The molecule has 3 aromatic carbocycles. The Morgan fingerprint density at radius 2 is 1.76 bits per heavy atom. The van der Waals surface area contributed by atoms with Gasteiger partial charge in [0.15, 0.2) is 5.13 Å². The van der Waals surface area contributed by atoms with E-state index in [1.165, 1.54) is 16.2 Å². The van der Waals surface area contributed by atoms with Crippen LogP contribution in [0.15, 0.2) is 76.8 Å². The Labute approximate surface area is 208 Å². The van der Waals surface area contributed by atoms with Gasteiger partial charge in [-0.05, 0) is 42.8 Å². The number of hydrogen-bond acceptors (Lipinski definition) is 6. The van der Waals surface area contributed by atoms with Gasteiger partial charge in [0.2, 0.25) is 0 Å². The van der Waals surface area contributed by atoms with E-state index in [1.807, 2.05) is 55.5 Å². The molecule has 1 aliphatic heterocycles. The maximum absolute atomic E-state index is 13.3. The van der Waals surface area contributed by atoms with Gasteiger partial charge in [-0.1, -0.05) is 69.2 Å². The van der Waals surface area contributed by atoms with E-state index in [0.29, 0.717) is 27.5 Å². The van der Waals surface area contributed by atoms with Gasteiger partial charge in [0.25, 0.3) is 5.78 Å². The molecule has 0 unspecified atom stereocenters. The van der Waals surface area contributed by atoms with Crippen LogP contribution in [0, 0.1) is 6.92 Å². The molecule has 0 radical (unpaired) electrons. The summed E-state index contributed by atoms with van der Waals surface area (Å²) in [7, 11) is 1.58. The lowest BCUT2D eigenvalue weighted by Crippen LogP contribution is -2.29. The maximum atomic E-state index is 13.3. The molecule has 170 valence electrons. The smallest absolute Gasteiger partial charge is 0.301 e. The van der Waals surface area contributed by atoms with Crippen molar-refractivity contribution in [3.05, 3.63) is 93.5 Å². The highest BCUT2D eigenvalue weighted by molar-refractivity contribution is 9.10. The molecule has 1 saturated heterocycles. The predicted octanol–water partition coefficient (Wildman–Crippen LogP) is 6.00. The number of fused-ring (bicyclic) bond motifs is 1. The van der Waals surface area contributed by atoms with E-state index in [9.17, 15) is 14.7 Å². The number of amides is 1. The van der Waals surface area contributed by atoms with Crippen LogP contribution in [-0.2, 0) is 9.59 Å².